The zero-order valence-corrected chi connectivity index (χ0v) is 17.0. The number of ether oxygens (including phenoxy) is 2. The molecule has 2 aromatic heterocycles. The summed E-state index contributed by atoms with van der Waals surface area (Å²) in [5, 5.41) is 5.28. The highest BCUT2D eigenvalue weighted by molar-refractivity contribution is 5.98. The van der Waals surface area contributed by atoms with E-state index in [1.54, 1.807) is 47.5 Å². The van der Waals surface area contributed by atoms with Crippen molar-refractivity contribution in [2.24, 2.45) is 14.1 Å². The average molecular weight is 396 g/mol. The molecular weight excluding hydrogens is 372 g/mol. The van der Waals surface area contributed by atoms with Gasteiger partial charge in [0.05, 0.1) is 24.6 Å². The molecule has 152 valence electrons. The molecule has 1 aliphatic rings. The average Bonchev–Trinajstić information content (AvgIpc) is 3.28. The first-order valence-corrected chi connectivity index (χ1v) is 9.51. The van der Waals surface area contributed by atoms with Crippen molar-refractivity contribution in [3.63, 3.8) is 0 Å². The first-order chi connectivity index (χ1) is 13.9. The lowest BCUT2D eigenvalue weighted by Gasteiger charge is -2.18. The van der Waals surface area contributed by atoms with Crippen LogP contribution in [-0.2, 0) is 14.1 Å². The molecule has 3 aromatic rings. The Labute approximate surface area is 168 Å². The number of benzene rings is 1. The van der Waals surface area contributed by atoms with Crippen LogP contribution in [0.2, 0.25) is 0 Å². The SMILES string of the molecule is COc1c2ccc(C(=O)N3CCC(Oc4cc(C)n(C)c(=O)c4)C3)cc2nn1C. The van der Waals surface area contributed by atoms with Crippen LogP contribution in [0.3, 0.4) is 0 Å². The number of aryl methyl sites for hydroxylation is 2. The molecule has 0 bridgehead atoms. The molecular formula is C21H24N4O4. The Bertz CT molecular complexity index is 1150. The zero-order valence-electron chi connectivity index (χ0n) is 17.0. The van der Waals surface area contributed by atoms with Gasteiger partial charge in [0.1, 0.15) is 11.9 Å². The van der Waals surface area contributed by atoms with Crippen molar-refractivity contribution in [2.45, 2.75) is 19.4 Å². The van der Waals surface area contributed by atoms with E-state index < -0.39 is 0 Å². The van der Waals surface area contributed by atoms with Crippen molar-refractivity contribution in [2.75, 3.05) is 20.2 Å². The summed E-state index contributed by atoms with van der Waals surface area (Å²) in [6, 6.07) is 8.78. The van der Waals surface area contributed by atoms with E-state index in [9.17, 15) is 9.59 Å². The summed E-state index contributed by atoms with van der Waals surface area (Å²) in [4.78, 5) is 26.7. The van der Waals surface area contributed by atoms with E-state index in [0.29, 0.717) is 30.3 Å². The number of carbonyl (C=O) groups excluding carboxylic acids is 1. The monoisotopic (exact) mass is 396 g/mol. The summed E-state index contributed by atoms with van der Waals surface area (Å²) in [7, 11) is 5.14. The van der Waals surface area contributed by atoms with Gasteiger partial charge in [-0.1, -0.05) is 0 Å². The summed E-state index contributed by atoms with van der Waals surface area (Å²) < 4.78 is 14.6. The van der Waals surface area contributed by atoms with Crippen LogP contribution in [0.5, 0.6) is 11.6 Å². The van der Waals surface area contributed by atoms with E-state index in [4.69, 9.17) is 9.47 Å². The Hall–Kier alpha value is -3.29. The molecule has 3 heterocycles. The highest BCUT2D eigenvalue weighted by Crippen LogP contribution is 2.26. The molecule has 0 radical (unpaired) electrons. The van der Waals surface area contributed by atoms with Crippen molar-refractivity contribution in [1.29, 1.82) is 0 Å². The molecule has 1 fully saturated rings. The van der Waals surface area contributed by atoms with Crippen LogP contribution >= 0.6 is 0 Å². The zero-order chi connectivity index (χ0) is 20.7. The number of amides is 1. The van der Waals surface area contributed by atoms with Crippen LogP contribution < -0.4 is 15.0 Å². The molecule has 0 saturated carbocycles. The predicted octanol–water partition coefficient (Wildman–Crippen LogP) is 1.88. The first kappa shape index (κ1) is 19.0. The smallest absolute Gasteiger partial charge is 0.254 e. The van der Waals surface area contributed by atoms with Gasteiger partial charge in [-0.05, 0) is 31.2 Å². The van der Waals surface area contributed by atoms with Crippen LogP contribution in [0.15, 0.2) is 35.1 Å². The van der Waals surface area contributed by atoms with E-state index in [-0.39, 0.29) is 17.6 Å². The number of carbonyl (C=O) groups is 1. The van der Waals surface area contributed by atoms with Gasteiger partial charge in [0.2, 0.25) is 5.88 Å². The van der Waals surface area contributed by atoms with Crippen LogP contribution in [0, 0.1) is 6.92 Å². The molecule has 1 amide bonds. The number of fused-ring (bicyclic) bond motifs is 1. The van der Waals surface area contributed by atoms with Gasteiger partial charge < -0.3 is 18.9 Å². The lowest BCUT2D eigenvalue weighted by atomic mass is 10.1. The topological polar surface area (TPSA) is 78.6 Å². The number of methoxy groups -OCH3 is 1. The third-order valence-corrected chi connectivity index (χ3v) is 5.43. The number of likely N-dealkylation sites (tertiary alicyclic amines) is 1. The lowest BCUT2D eigenvalue weighted by Crippen LogP contribution is -2.31. The highest BCUT2D eigenvalue weighted by atomic mass is 16.5. The Balaban J connectivity index is 1.48. The molecule has 1 aromatic carbocycles. The minimum absolute atomic E-state index is 0.0530. The summed E-state index contributed by atoms with van der Waals surface area (Å²) in [6.07, 6.45) is 0.587. The van der Waals surface area contributed by atoms with Crippen LogP contribution in [0.4, 0.5) is 0 Å². The number of pyridine rings is 1. The summed E-state index contributed by atoms with van der Waals surface area (Å²) in [5.74, 6) is 1.16. The third-order valence-electron chi connectivity index (χ3n) is 5.43. The second-order valence-electron chi connectivity index (χ2n) is 7.37. The maximum absolute atomic E-state index is 13.0. The number of hydrogen-bond donors (Lipinski definition) is 0. The number of rotatable bonds is 4. The number of aromatic nitrogens is 3. The van der Waals surface area contributed by atoms with E-state index in [1.165, 1.54) is 6.07 Å². The fourth-order valence-corrected chi connectivity index (χ4v) is 3.74. The maximum atomic E-state index is 13.0. The van der Waals surface area contributed by atoms with E-state index in [1.807, 2.05) is 19.1 Å². The minimum atomic E-state index is -0.135. The van der Waals surface area contributed by atoms with Crippen LogP contribution in [0.25, 0.3) is 10.9 Å². The Morgan fingerprint density at radius 3 is 2.72 bits per heavy atom. The van der Waals surface area contributed by atoms with Crippen LogP contribution in [-0.4, -0.2) is 51.5 Å². The lowest BCUT2D eigenvalue weighted by molar-refractivity contribution is 0.0772. The van der Waals surface area contributed by atoms with E-state index in [0.717, 1.165) is 23.0 Å². The van der Waals surface area contributed by atoms with Gasteiger partial charge in [0, 0.05) is 44.4 Å². The summed E-state index contributed by atoms with van der Waals surface area (Å²) in [6.45, 7) is 2.95. The summed E-state index contributed by atoms with van der Waals surface area (Å²) in [5.41, 5.74) is 2.03. The molecule has 1 saturated heterocycles. The molecule has 4 rings (SSSR count). The standard InChI is InChI=1S/C21H24N4O4/c1-13-9-16(11-19(26)23(13)2)29-15-7-8-25(12-15)20(27)14-5-6-17-18(10-14)22-24(3)21(17)28-4/h5-6,9-11,15H,7-8,12H2,1-4H3. The maximum Gasteiger partial charge on any atom is 0.254 e. The first-order valence-electron chi connectivity index (χ1n) is 9.51. The van der Waals surface area contributed by atoms with Gasteiger partial charge in [0.15, 0.2) is 0 Å². The molecule has 1 atom stereocenters. The normalized spacial score (nSPS) is 16.4. The second kappa shape index (κ2) is 7.27. The second-order valence-corrected chi connectivity index (χ2v) is 7.37. The fraction of sp³-hybridized carbons (Fsp3) is 0.381. The number of hydrogen-bond acceptors (Lipinski definition) is 5. The van der Waals surface area contributed by atoms with Gasteiger partial charge in [-0.2, -0.15) is 5.10 Å². The fourth-order valence-electron chi connectivity index (χ4n) is 3.74. The molecule has 8 nitrogen and oxygen atoms in total. The summed E-state index contributed by atoms with van der Waals surface area (Å²) >= 11 is 0. The van der Waals surface area contributed by atoms with Crippen LogP contribution in [0.1, 0.15) is 22.5 Å². The highest BCUT2D eigenvalue weighted by Gasteiger charge is 2.29. The molecule has 0 spiro atoms. The van der Waals surface area contributed by atoms with Crippen molar-refractivity contribution in [3.05, 3.63) is 51.9 Å². The minimum Gasteiger partial charge on any atom is -0.488 e. The van der Waals surface area contributed by atoms with Crippen molar-refractivity contribution >= 4 is 16.8 Å². The molecule has 1 unspecified atom stereocenters. The molecule has 8 heteroatoms. The number of nitrogens with zero attached hydrogens (tertiary/aromatic N) is 4. The molecule has 0 N–H and O–H groups in total. The van der Waals surface area contributed by atoms with Crippen molar-refractivity contribution in [3.8, 4) is 11.6 Å². The Kier molecular flexibility index (Phi) is 4.77. The van der Waals surface area contributed by atoms with E-state index in [2.05, 4.69) is 5.10 Å². The van der Waals surface area contributed by atoms with Gasteiger partial charge in [-0.15, -0.1) is 0 Å². The molecule has 29 heavy (non-hydrogen) atoms. The van der Waals surface area contributed by atoms with Gasteiger partial charge >= 0.3 is 0 Å². The third kappa shape index (κ3) is 3.46. The van der Waals surface area contributed by atoms with E-state index >= 15 is 0 Å². The van der Waals surface area contributed by atoms with Gasteiger partial charge in [-0.3, -0.25) is 9.59 Å². The predicted molar refractivity (Wildman–Crippen MR) is 109 cm³/mol. The van der Waals surface area contributed by atoms with Gasteiger partial charge in [-0.25, -0.2) is 4.68 Å². The quantitative estimate of drug-likeness (QED) is 0.673. The largest absolute Gasteiger partial charge is 0.488 e. The Morgan fingerprint density at radius 2 is 2.00 bits per heavy atom. The van der Waals surface area contributed by atoms with Crippen molar-refractivity contribution < 1.29 is 14.3 Å². The van der Waals surface area contributed by atoms with Crippen molar-refractivity contribution in [1.82, 2.24) is 19.2 Å². The van der Waals surface area contributed by atoms with Gasteiger partial charge in [0.25, 0.3) is 11.5 Å². The molecule has 1 aliphatic heterocycles. The Morgan fingerprint density at radius 1 is 1.21 bits per heavy atom. The molecule has 0 aliphatic carbocycles.